The van der Waals surface area contributed by atoms with Gasteiger partial charge in [-0.15, -0.1) is 6.42 Å². The monoisotopic (exact) mass is 637 g/mol. The highest BCUT2D eigenvalue weighted by Gasteiger charge is 2.31. The van der Waals surface area contributed by atoms with Gasteiger partial charge in [-0.1, -0.05) is 31.8 Å². The molecule has 2 aromatic heterocycles. The predicted octanol–water partition coefficient (Wildman–Crippen LogP) is 5.36. The molecule has 1 fully saturated rings. The number of aromatic amines is 1. The van der Waals surface area contributed by atoms with E-state index in [1.165, 1.54) is 6.33 Å². The fourth-order valence-corrected chi connectivity index (χ4v) is 5.67. The van der Waals surface area contributed by atoms with Crippen molar-refractivity contribution in [1.82, 2.24) is 30.2 Å². The number of anilines is 2. The van der Waals surface area contributed by atoms with Crippen molar-refractivity contribution in [1.29, 1.82) is 0 Å². The molecule has 0 spiro atoms. The molecule has 0 unspecified atom stereocenters. The molecule has 2 aromatic carbocycles. The van der Waals surface area contributed by atoms with Crippen LogP contribution in [0.5, 0.6) is 11.5 Å². The molecule has 47 heavy (non-hydrogen) atoms. The number of ether oxygens (including phenoxy) is 2. The lowest BCUT2D eigenvalue weighted by Gasteiger charge is -2.35. The maximum atomic E-state index is 12.9. The number of hydrogen-bond acceptors (Lipinski definition) is 9. The molecule has 1 aliphatic heterocycles. The van der Waals surface area contributed by atoms with Gasteiger partial charge in [0.15, 0.2) is 11.5 Å². The maximum absolute atomic E-state index is 12.9. The van der Waals surface area contributed by atoms with Crippen LogP contribution in [-0.4, -0.2) is 70.4 Å². The van der Waals surface area contributed by atoms with Crippen LogP contribution >= 0.6 is 0 Å². The molecule has 5 rings (SSSR count). The fourth-order valence-electron chi connectivity index (χ4n) is 5.67. The SMILES string of the molecule is C#Cc1cccc(Nc2ncnc3cc(OC)c(OCCc4cnc([C@H](CCCCCC(=O)CC)NC(=O)C5CN(C)C5)[nH]4)cc23)c1. The van der Waals surface area contributed by atoms with Crippen molar-refractivity contribution in [2.24, 2.45) is 5.92 Å². The van der Waals surface area contributed by atoms with E-state index in [0.29, 0.717) is 54.5 Å². The topological polar surface area (TPSA) is 134 Å². The van der Waals surface area contributed by atoms with Gasteiger partial charge in [-0.05, 0) is 44.2 Å². The number of hydrogen-bond donors (Lipinski definition) is 3. The van der Waals surface area contributed by atoms with Crippen LogP contribution in [0, 0.1) is 18.3 Å². The number of amides is 1. The zero-order valence-electron chi connectivity index (χ0n) is 27.3. The Hall–Kier alpha value is -4.95. The van der Waals surface area contributed by atoms with Gasteiger partial charge in [0.1, 0.15) is 23.8 Å². The number of unbranched alkanes of at least 4 members (excludes halogenated alkanes) is 2. The highest BCUT2D eigenvalue weighted by molar-refractivity contribution is 5.93. The molecule has 1 atom stereocenters. The summed E-state index contributed by atoms with van der Waals surface area (Å²) < 4.78 is 11.8. The van der Waals surface area contributed by atoms with Crippen molar-refractivity contribution in [2.75, 3.05) is 39.2 Å². The minimum Gasteiger partial charge on any atom is -0.493 e. The van der Waals surface area contributed by atoms with Crippen molar-refractivity contribution in [3.8, 4) is 23.8 Å². The van der Waals surface area contributed by atoms with E-state index in [9.17, 15) is 9.59 Å². The molecule has 0 bridgehead atoms. The van der Waals surface area contributed by atoms with E-state index in [0.717, 1.165) is 66.9 Å². The highest BCUT2D eigenvalue weighted by Crippen LogP contribution is 2.35. The Kier molecular flexibility index (Phi) is 11.4. The summed E-state index contributed by atoms with van der Waals surface area (Å²) in [5.41, 5.74) is 3.18. The summed E-state index contributed by atoms with van der Waals surface area (Å²) in [6.07, 6.45) is 14.1. The summed E-state index contributed by atoms with van der Waals surface area (Å²) >= 11 is 0. The Bertz CT molecular complexity index is 1720. The Labute approximate surface area is 275 Å². The largest absolute Gasteiger partial charge is 0.493 e. The van der Waals surface area contributed by atoms with Gasteiger partial charge < -0.3 is 30.0 Å². The van der Waals surface area contributed by atoms with Crippen LogP contribution in [0.4, 0.5) is 11.5 Å². The number of nitrogens with one attached hydrogen (secondary N) is 3. The van der Waals surface area contributed by atoms with Crippen LogP contribution in [0.25, 0.3) is 10.9 Å². The second kappa shape index (κ2) is 16.1. The minimum absolute atomic E-state index is 0.00123. The van der Waals surface area contributed by atoms with E-state index in [4.69, 9.17) is 15.9 Å². The molecule has 1 amide bonds. The van der Waals surface area contributed by atoms with Crippen LogP contribution in [-0.2, 0) is 16.0 Å². The second-order valence-corrected chi connectivity index (χ2v) is 12.0. The molecule has 11 nitrogen and oxygen atoms in total. The lowest BCUT2D eigenvalue weighted by molar-refractivity contribution is -0.130. The van der Waals surface area contributed by atoms with Crippen LogP contribution in [0.1, 0.15) is 68.6 Å². The number of imidazole rings is 1. The number of terminal acetylenes is 1. The first-order chi connectivity index (χ1) is 22.9. The Balaban J connectivity index is 1.24. The van der Waals surface area contributed by atoms with E-state index in [1.807, 2.05) is 50.4 Å². The van der Waals surface area contributed by atoms with E-state index < -0.39 is 0 Å². The van der Waals surface area contributed by atoms with E-state index >= 15 is 0 Å². The number of nitrogens with zero attached hydrogens (tertiary/aromatic N) is 4. The predicted molar refractivity (Wildman–Crippen MR) is 182 cm³/mol. The first-order valence-electron chi connectivity index (χ1n) is 16.2. The molecule has 0 saturated carbocycles. The number of H-pyrrole nitrogens is 1. The smallest absolute Gasteiger partial charge is 0.226 e. The third-order valence-corrected chi connectivity index (χ3v) is 8.41. The molecule has 3 N–H and O–H groups in total. The Morgan fingerprint density at radius 3 is 2.74 bits per heavy atom. The summed E-state index contributed by atoms with van der Waals surface area (Å²) in [7, 11) is 3.61. The van der Waals surface area contributed by atoms with Crippen molar-refractivity contribution in [3.05, 3.63) is 66.0 Å². The normalized spacial score (nSPS) is 13.8. The average Bonchev–Trinajstić information content (AvgIpc) is 3.54. The molecule has 0 radical (unpaired) electrons. The third-order valence-electron chi connectivity index (χ3n) is 8.41. The van der Waals surface area contributed by atoms with E-state index in [-0.39, 0.29) is 17.9 Å². The maximum Gasteiger partial charge on any atom is 0.226 e. The summed E-state index contributed by atoms with van der Waals surface area (Å²) in [6, 6.07) is 11.0. The average molecular weight is 638 g/mol. The van der Waals surface area contributed by atoms with Gasteiger partial charge in [0, 0.05) is 66.9 Å². The zero-order chi connectivity index (χ0) is 33.2. The number of likely N-dealkylation sites (tertiary alicyclic amines) is 1. The number of carbonyl (C=O) groups is 2. The molecule has 246 valence electrons. The summed E-state index contributed by atoms with van der Waals surface area (Å²) in [4.78, 5) is 43.7. The lowest BCUT2D eigenvalue weighted by atomic mass is 9.98. The lowest BCUT2D eigenvalue weighted by Crippen LogP contribution is -2.52. The highest BCUT2D eigenvalue weighted by atomic mass is 16.5. The van der Waals surface area contributed by atoms with Crippen LogP contribution in [0.3, 0.4) is 0 Å². The number of carbonyl (C=O) groups excluding carboxylic acids is 2. The van der Waals surface area contributed by atoms with Gasteiger partial charge in [-0.25, -0.2) is 15.0 Å². The number of fused-ring (bicyclic) bond motifs is 1. The molecule has 11 heteroatoms. The van der Waals surface area contributed by atoms with Gasteiger partial charge in [0.2, 0.25) is 5.91 Å². The Morgan fingerprint density at radius 2 is 1.98 bits per heavy atom. The van der Waals surface area contributed by atoms with Crippen molar-refractivity contribution < 1.29 is 19.1 Å². The van der Waals surface area contributed by atoms with Gasteiger partial charge in [-0.3, -0.25) is 9.59 Å². The van der Waals surface area contributed by atoms with E-state index in [2.05, 4.69) is 41.4 Å². The van der Waals surface area contributed by atoms with Gasteiger partial charge in [0.05, 0.1) is 31.2 Å². The molecule has 0 aliphatic carbocycles. The molecule has 3 heterocycles. The van der Waals surface area contributed by atoms with Crippen molar-refractivity contribution >= 4 is 34.1 Å². The molecule has 4 aromatic rings. The summed E-state index contributed by atoms with van der Waals surface area (Å²) in [5.74, 6) is 5.47. The third kappa shape index (κ3) is 8.86. The number of ketones is 1. The van der Waals surface area contributed by atoms with Crippen molar-refractivity contribution in [3.63, 3.8) is 0 Å². The number of rotatable bonds is 17. The van der Waals surface area contributed by atoms with Gasteiger partial charge in [-0.2, -0.15) is 0 Å². The van der Waals surface area contributed by atoms with Crippen LogP contribution < -0.4 is 20.1 Å². The molecule has 1 saturated heterocycles. The number of aromatic nitrogens is 4. The Morgan fingerprint density at radius 1 is 1.13 bits per heavy atom. The summed E-state index contributed by atoms with van der Waals surface area (Å²) in [5, 5.41) is 7.33. The number of Topliss-reactive ketones (excluding diaryl/α,β-unsaturated/α-hetero) is 1. The molecular weight excluding hydrogens is 594 g/mol. The first-order valence-corrected chi connectivity index (χ1v) is 16.2. The summed E-state index contributed by atoms with van der Waals surface area (Å²) in [6.45, 7) is 3.79. The fraction of sp³-hybridized carbons (Fsp3) is 0.417. The number of benzene rings is 2. The van der Waals surface area contributed by atoms with E-state index in [1.54, 1.807) is 13.3 Å². The second-order valence-electron chi connectivity index (χ2n) is 12.0. The first kappa shape index (κ1) is 33.4. The molecule has 1 aliphatic rings. The van der Waals surface area contributed by atoms with Crippen LogP contribution in [0.15, 0.2) is 48.9 Å². The van der Waals surface area contributed by atoms with Gasteiger partial charge in [0.25, 0.3) is 0 Å². The minimum atomic E-state index is -0.224. The van der Waals surface area contributed by atoms with Gasteiger partial charge >= 0.3 is 0 Å². The standard InChI is InChI=1S/C36H43N7O4/c1-5-24-11-10-12-26(17-24)40-34-29-18-33(32(46-4)19-31(29)38-23-39-34)47-16-15-27-20-37-35(41-27)30(14-9-7-8-13-28(44)6-2)42-36(45)25-21-43(3)22-25/h1,10-12,17-20,23,25,30H,6-9,13-16,21-22H2,2-4H3,(H,37,41)(H,42,45)(H,38,39,40)/t30-/m0/s1. The molecular formula is C36H43N7O4. The number of methoxy groups -OCH3 is 1. The van der Waals surface area contributed by atoms with Crippen molar-refractivity contribution in [2.45, 2.75) is 57.9 Å². The zero-order valence-corrected chi connectivity index (χ0v) is 27.3. The quantitative estimate of drug-likeness (QED) is 0.103. The van der Waals surface area contributed by atoms with Crippen LogP contribution in [0.2, 0.25) is 0 Å².